The average Bonchev–Trinajstić information content (AvgIpc) is 2.95. The maximum absolute atomic E-state index is 11.7. The van der Waals surface area contributed by atoms with Gasteiger partial charge in [0.05, 0.1) is 18.3 Å². The van der Waals surface area contributed by atoms with Crippen molar-refractivity contribution in [3.05, 3.63) is 22.5 Å². The minimum Gasteiger partial charge on any atom is -0.465 e. The molecule has 0 spiro atoms. The number of aliphatic hydroxyl groups is 1. The summed E-state index contributed by atoms with van der Waals surface area (Å²) in [4.78, 5) is 11.7. The zero-order valence-electron chi connectivity index (χ0n) is 10.1. The van der Waals surface area contributed by atoms with Crippen molar-refractivity contribution in [3.8, 4) is 0 Å². The first-order valence-corrected chi connectivity index (χ1v) is 5.39. The predicted molar refractivity (Wildman–Crippen MR) is 59.4 cm³/mol. The lowest BCUT2D eigenvalue weighted by atomic mass is 10.0. The molecule has 1 heterocycles. The normalized spacial score (nSPS) is 17.3. The van der Waals surface area contributed by atoms with Gasteiger partial charge in [-0.25, -0.2) is 4.79 Å². The molecule has 1 aromatic heterocycles. The number of nitrogens with zero attached hydrogens (tertiary/aromatic N) is 1. The molecule has 0 aliphatic heterocycles. The third-order valence-corrected chi connectivity index (χ3v) is 3.56. The number of esters is 1. The van der Waals surface area contributed by atoms with Crippen molar-refractivity contribution in [2.45, 2.75) is 32.3 Å². The molecule has 0 amide bonds. The summed E-state index contributed by atoms with van der Waals surface area (Å²) in [5.74, 6) is -0.364. The Balaban J connectivity index is 2.66. The van der Waals surface area contributed by atoms with Crippen LogP contribution in [0.4, 0.5) is 0 Å². The van der Waals surface area contributed by atoms with Crippen LogP contribution in [-0.2, 0) is 17.4 Å². The van der Waals surface area contributed by atoms with Crippen molar-refractivity contribution in [2.75, 3.05) is 7.11 Å². The van der Waals surface area contributed by atoms with E-state index in [1.807, 2.05) is 25.5 Å². The highest BCUT2D eigenvalue weighted by molar-refractivity contribution is 5.93. The lowest BCUT2D eigenvalue weighted by molar-refractivity contribution is 0.0589. The quantitative estimate of drug-likeness (QED) is 0.771. The van der Waals surface area contributed by atoms with Crippen molar-refractivity contribution >= 4 is 5.97 Å². The number of methoxy groups -OCH3 is 1. The average molecular weight is 223 g/mol. The summed E-state index contributed by atoms with van der Waals surface area (Å²) in [7, 11) is 3.26. The zero-order valence-corrected chi connectivity index (χ0v) is 10.1. The molecule has 2 rings (SSSR count). The summed E-state index contributed by atoms with van der Waals surface area (Å²) >= 11 is 0. The topological polar surface area (TPSA) is 51.5 Å². The minimum absolute atomic E-state index is 0.364. The molecule has 0 bridgehead atoms. The van der Waals surface area contributed by atoms with E-state index in [2.05, 4.69) is 0 Å². The summed E-state index contributed by atoms with van der Waals surface area (Å²) in [6.07, 6.45) is 1.45. The molecule has 1 aliphatic rings. The maximum Gasteiger partial charge on any atom is 0.340 e. The molecule has 4 heteroatoms. The van der Waals surface area contributed by atoms with Gasteiger partial charge in [0.25, 0.3) is 0 Å². The number of hydrogen-bond donors (Lipinski definition) is 1. The Labute approximate surface area is 94.8 Å². The van der Waals surface area contributed by atoms with Gasteiger partial charge in [0.15, 0.2) is 0 Å². The van der Waals surface area contributed by atoms with Crippen LogP contribution in [0.25, 0.3) is 0 Å². The zero-order chi connectivity index (χ0) is 12.1. The van der Waals surface area contributed by atoms with Crippen molar-refractivity contribution in [1.29, 1.82) is 0 Å². The van der Waals surface area contributed by atoms with Crippen molar-refractivity contribution < 1.29 is 14.6 Å². The summed E-state index contributed by atoms with van der Waals surface area (Å²) < 4.78 is 6.71. The molecule has 1 aromatic rings. The van der Waals surface area contributed by atoms with Crippen LogP contribution in [0.2, 0.25) is 0 Å². The van der Waals surface area contributed by atoms with Gasteiger partial charge in [0, 0.05) is 24.0 Å². The van der Waals surface area contributed by atoms with Crippen LogP contribution >= 0.6 is 0 Å². The molecule has 1 N–H and O–H groups in total. The molecule has 16 heavy (non-hydrogen) atoms. The molecule has 0 aromatic carbocycles. The van der Waals surface area contributed by atoms with E-state index in [1.165, 1.54) is 7.11 Å². The molecule has 4 nitrogen and oxygen atoms in total. The number of carbonyl (C=O) groups is 1. The molecule has 0 unspecified atom stereocenters. The first-order chi connectivity index (χ1) is 7.42. The third kappa shape index (κ3) is 1.37. The summed E-state index contributed by atoms with van der Waals surface area (Å²) in [6, 6.07) is 0. The minimum atomic E-state index is -0.806. The second-order valence-corrected chi connectivity index (χ2v) is 4.50. The fourth-order valence-corrected chi connectivity index (χ4v) is 2.24. The molecule has 1 aliphatic carbocycles. The van der Waals surface area contributed by atoms with Gasteiger partial charge >= 0.3 is 5.97 Å². The van der Waals surface area contributed by atoms with E-state index in [0.717, 1.165) is 29.8 Å². The Morgan fingerprint density at radius 3 is 2.38 bits per heavy atom. The van der Waals surface area contributed by atoms with Crippen LogP contribution in [0.5, 0.6) is 0 Å². The van der Waals surface area contributed by atoms with E-state index < -0.39 is 5.60 Å². The number of carbonyl (C=O) groups excluding carboxylic acids is 1. The first kappa shape index (κ1) is 11.2. The number of rotatable bonds is 2. The maximum atomic E-state index is 11.7. The number of hydrogen-bond acceptors (Lipinski definition) is 3. The van der Waals surface area contributed by atoms with Gasteiger partial charge in [-0.05, 0) is 26.7 Å². The molecule has 0 radical (unpaired) electrons. The molecule has 1 fully saturated rings. The Bertz CT molecular complexity index is 455. The van der Waals surface area contributed by atoms with Crippen LogP contribution in [-0.4, -0.2) is 22.8 Å². The number of aromatic nitrogens is 1. The third-order valence-electron chi connectivity index (χ3n) is 3.56. The standard InChI is InChI=1S/C12H17NO3/c1-7-9(11(14)16-4)10(8(2)13(7)3)12(15)5-6-12/h15H,5-6H2,1-4H3. The Morgan fingerprint density at radius 2 is 1.94 bits per heavy atom. The summed E-state index contributed by atoms with van der Waals surface area (Å²) in [5.41, 5.74) is 2.26. The van der Waals surface area contributed by atoms with Crippen LogP contribution in [0, 0.1) is 13.8 Å². The SMILES string of the molecule is COC(=O)c1c(C2(O)CC2)c(C)n(C)c1C. The van der Waals surface area contributed by atoms with Gasteiger partial charge in [-0.2, -0.15) is 0 Å². The second kappa shape index (κ2) is 3.35. The lowest BCUT2D eigenvalue weighted by Crippen LogP contribution is -2.13. The van der Waals surface area contributed by atoms with Gasteiger partial charge in [-0.1, -0.05) is 0 Å². The van der Waals surface area contributed by atoms with Gasteiger partial charge in [0.1, 0.15) is 0 Å². The van der Waals surface area contributed by atoms with Crippen molar-refractivity contribution in [2.24, 2.45) is 7.05 Å². The van der Waals surface area contributed by atoms with Gasteiger partial charge < -0.3 is 14.4 Å². The van der Waals surface area contributed by atoms with Crippen molar-refractivity contribution in [1.82, 2.24) is 4.57 Å². The highest BCUT2D eigenvalue weighted by atomic mass is 16.5. The van der Waals surface area contributed by atoms with E-state index in [-0.39, 0.29) is 5.97 Å². The first-order valence-electron chi connectivity index (χ1n) is 5.39. The lowest BCUT2D eigenvalue weighted by Gasteiger charge is -2.10. The van der Waals surface area contributed by atoms with E-state index in [4.69, 9.17) is 4.74 Å². The van der Waals surface area contributed by atoms with Crippen molar-refractivity contribution in [3.63, 3.8) is 0 Å². The van der Waals surface area contributed by atoms with Crippen LogP contribution in [0.3, 0.4) is 0 Å². The molecular weight excluding hydrogens is 206 g/mol. The Kier molecular flexibility index (Phi) is 2.35. The van der Waals surface area contributed by atoms with E-state index in [0.29, 0.717) is 5.56 Å². The molecular formula is C12H17NO3. The summed E-state index contributed by atoms with van der Waals surface area (Å²) in [5, 5.41) is 10.2. The summed E-state index contributed by atoms with van der Waals surface area (Å²) in [6.45, 7) is 3.79. The van der Waals surface area contributed by atoms with E-state index >= 15 is 0 Å². The van der Waals surface area contributed by atoms with Gasteiger partial charge in [0.2, 0.25) is 0 Å². The van der Waals surface area contributed by atoms with E-state index in [1.54, 1.807) is 0 Å². The fraction of sp³-hybridized carbons (Fsp3) is 0.583. The monoisotopic (exact) mass is 223 g/mol. The smallest absolute Gasteiger partial charge is 0.340 e. The Hall–Kier alpha value is -1.29. The largest absolute Gasteiger partial charge is 0.465 e. The molecule has 1 saturated carbocycles. The van der Waals surface area contributed by atoms with Crippen LogP contribution in [0.1, 0.15) is 40.2 Å². The van der Waals surface area contributed by atoms with Gasteiger partial charge in [-0.15, -0.1) is 0 Å². The number of ether oxygens (including phenoxy) is 1. The highest BCUT2D eigenvalue weighted by Gasteiger charge is 2.47. The molecule has 88 valence electrons. The highest BCUT2D eigenvalue weighted by Crippen LogP contribution is 2.49. The van der Waals surface area contributed by atoms with Crippen LogP contribution in [0.15, 0.2) is 0 Å². The predicted octanol–water partition coefficient (Wildman–Crippen LogP) is 1.41. The Morgan fingerprint density at radius 1 is 1.38 bits per heavy atom. The molecule has 0 atom stereocenters. The van der Waals surface area contributed by atoms with E-state index in [9.17, 15) is 9.90 Å². The van der Waals surface area contributed by atoms with Crippen LogP contribution < -0.4 is 0 Å². The molecule has 0 saturated heterocycles. The second-order valence-electron chi connectivity index (χ2n) is 4.50. The van der Waals surface area contributed by atoms with Gasteiger partial charge in [-0.3, -0.25) is 0 Å². The fourth-order valence-electron chi connectivity index (χ4n) is 2.24.